The van der Waals surface area contributed by atoms with E-state index in [1.54, 1.807) is 0 Å². The van der Waals surface area contributed by atoms with Crippen LogP contribution in [0.25, 0.3) is 5.57 Å². The van der Waals surface area contributed by atoms with Crippen molar-refractivity contribution in [2.45, 2.75) is 45.4 Å². The molecular weight excluding hydrogens is 230 g/mol. The maximum absolute atomic E-state index is 4.00. The molecule has 1 aliphatic rings. The van der Waals surface area contributed by atoms with Gasteiger partial charge in [0.2, 0.25) is 0 Å². The van der Waals surface area contributed by atoms with Crippen molar-refractivity contribution in [3.05, 3.63) is 42.0 Å². The van der Waals surface area contributed by atoms with Crippen LogP contribution in [0.4, 0.5) is 0 Å². The highest BCUT2D eigenvalue weighted by Crippen LogP contribution is 2.21. The molecule has 1 aromatic rings. The highest BCUT2D eigenvalue weighted by atomic mass is 15.1. The van der Waals surface area contributed by atoms with Crippen LogP contribution < -0.4 is 0 Å². The first-order valence-electron chi connectivity index (χ1n) is 7.65. The van der Waals surface area contributed by atoms with E-state index in [2.05, 4.69) is 49.6 Å². The average Bonchev–Trinajstić information content (AvgIpc) is 2.67. The Kier molecular flexibility index (Phi) is 5.21. The summed E-state index contributed by atoms with van der Waals surface area (Å²) in [5.74, 6) is 0.622. The molecule has 104 valence electrons. The van der Waals surface area contributed by atoms with Crippen LogP contribution in [0, 0.1) is 0 Å². The number of hydrogen-bond acceptors (Lipinski definition) is 1. The molecule has 0 amide bonds. The normalized spacial score (nSPS) is 18.8. The van der Waals surface area contributed by atoms with Crippen LogP contribution in [-0.4, -0.2) is 24.5 Å². The van der Waals surface area contributed by atoms with Crippen molar-refractivity contribution in [1.82, 2.24) is 4.90 Å². The molecule has 19 heavy (non-hydrogen) atoms. The molecule has 0 aliphatic carbocycles. The Balaban J connectivity index is 1.94. The van der Waals surface area contributed by atoms with E-state index in [9.17, 15) is 0 Å². The third-order valence-electron chi connectivity index (χ3n) is 4.20. The lowest BCUT2D eigenvalue weighted by atomic mass is 9.97. The first kappa shape index (κ1) is 14.3. The Labute approximate surface area is 118 Å². The Morgan fingerprint density at radius 2 is 1.68 bits per heavy atom. The minimum atomic E-state index is 0.622. The van der Waals surface area contributed by atoms with E-state index in [1.165, 1.54) is 56.4 Å². The third kappa shape index (κ3) is 4.21. The zero-order chi connectivity index (χ0) is 13.7. The standard InChI is InChI=1S/C18H27N/c1-15(2)17-8-10-18(11-9-17)16(3)14-19-12-6-4-5-7-13-19/h8-11,16H,1,4-7,12-14H2,2-3H3. The smallest absolute Gasteiger partial charge is 0.00476 e. The summed E-state index contributed by atoms with van der Waals surface area (Å²) in [6, 6.07) is 8.95. The first-order valence-corrected chi connectivity index (χ1v) is 7.65. The van der Waals surface area contributed by atoms with Gasteiger partial charge in [0.15, 0.2) is 0 Å². The molecule has 0 saturated carbocycles. The predicted octanol–water partition coefficient (Wildman–Crippen LogP) is 4.70. The van der Waals surface area contributed by atoms with Crippen molar-refractivity contribution < 1.29 is 0 Å². The van der Waals surface area contributed by atoms with E-state index >= 15 is 0 Å². The van der Waals surface area contributed by atoms with Crippen LogP contribution in [0.5, 0.6) is 0 Å². The minimum Gasteiger partial charge on any atom is -0.303 e. The molecule has 1 fully saturated rings. The molecule has 0 radical (unpaired) electrons. The minimum absolute atomic E-state index is 0.622. The van der Waals surface area contributed by atoms with Gasteiger partial charge in [-0.3, -0.25) is 0 Å². The van der Waals surface area contributed by atoms with Crippen molar-refractivity contribution in [2.75, 3.05) is 19.6 Å². The largest absolute Gasteiger partial charge is 0.303 e. The topological polar surface area (TPSA) is 3.24 Å². The van der Waals surface area contributed by atoms with Gasteiger partial charge in [-0.15, -0.1) is 0 Å². The average molecular weight is 257 g/mol. The van der Waals surface area contributed by atoms with Crippen molar-refractivity contribution in [3.8, 4) is 0 Å². The number of allylic oxidation sites excluding steroid dienone is 1. The van der Waals surface area contributed by atoms with Crippen molar-refractivity contribution >= 4 is 5.57 Å². The summed E-state index contributed by atoms with van der Waals surface area (Å²) in [7, 11) is 0. The SMILES string of the molecule is C=C(C)c1ccc(C(C)CN2CCCCCC2)cc1. The fourth-order valence-electron chi connectivity index (χ4n) is 2.91. The Hall–Kier alpha value is -1.08. The molecule has 0 aromatic heterocycles. The summed E-state index contributed by atoms with van der Waals surface area (Å²) in [5, 5.41) is 0. The van der Waals surface area contributed by atoms with Crippen LogP contribution in [0.1, 0.15) is 56.6 Å². The van der Waals surface area contributed by atoms with Crippen molar-refractivity contribution in [1.29, 1.82) is 0 Å². The highest BCUT2D eigenvalue weighted by molar-refractivity contribution is 5.61. The van der Waals surface area contributed by atoms with Gasteiger partial charge in [0.25, 0.3) is 0 Å². The number of benzene rings is 1. The molecule has 1 atom stereocenters. The van der Waals surface area contributed by atoms with Crippen LogP contribution in [0.2, 0.25) is 0 Å². The zero-order valence-electron chi connectivity index (χ0n) is 12.5. The summed E-state index contributed by atoms with van der Waals surface area (Å²) in [6.07, 6.45) is 5.58. The summed E-state index contributed by atoms with van der Waals surface area (Å²) < 4.78 is 0. The lowest BCUT2D eigenvalue weighted by Crippen LogP contribution is -2.28. The van der Waals surface area contributed by atoms with E-state index in [4.69, 9.17) is 0 Å². The molecule has 0 N–H and O–H groups in total. The molecule has 0 bridgehead atoms. The summed E-state index contributed by atoms with van der Waals surface area (Å²) in [4.78, 5) is 2.64. The monoisotopic (exact) mass is 257 g/mol. The molecule has 2 rings (SSSR count). The molecule has 1 aromatic carbocycles. The molecule has 1 unspecified atom stereocenters. The molecule has 1 heterocycles. The van der Waals surface area contributed by atoms with Crippen LogP contribution in [0.3, 0.4) is 0 Å². The molecule has 1 aliphatic heterocycles. The second kappa shape index (κ2) is 6.91. The van der Waals surface area contributed by atoms with Gasteiger partial charge in [-0.05, 0) is 49.9 Å². The highest BCUT2D eigenvalue weighted by Gasteiger charge is 2.13. The zero-order valence-corrected chi connectivity index (χ0v) is 12.5. The Morgan fingerprint density at radius 1 is 1.11 bits per heavy atom. The first-order chi connectivity index (χ1) is 9.16. The van der Waals surface area contributed by atoms with E-state index in [0.717, 1.165) is 5.57 Å². The maximum Gasteiger partial charge on any atom is 0.00476 e. The van der Waals surface area contributed by atoms with Gasteiger partial charge >= 0.3 is 0 Å². The third-order valence-corrected chi connectivity index (χ3v) is 4.20. The Morgan fingerprint density at radius 3 is 2.21 bits per heavy atom. The lowest BCUT2D eigenvalue weighted by Gasteiger charge is -2.24. The number of nitrogens with zero attached hydrogens (tertiary/aromatic N) is 1. The van der Waals surface area contributed by atoms with Gasteiger partial charge < -0.3 is 4.90 Å². The number of hydrogen-bond donors (Lipinski definition) is 0. The fourth-order valence-corrected chi connectivity index (χ4v) is 2.91. The summed E-state index contributed by atoms with van der Waals surface area (Å²) in [5.41, 5.74) is 3.85. The maximum atomic E-state index is 4.00. The van der Waals surface area contributed by atoms with Gasteiger partial charge in [-0.2, -0.15) is 0 Å². The van der Waals surface area contributed by atoms with Gasteiger partial charge in [0.05, 0.1) is 0 Å². The van der Waals surface area contributed by atoms with E-state index in [-0.39, 0.29) is 0 Å². The second-order valence-electron chi connectivity index (χ2n) is 6.02. The van der Waals surface area contributed by atoms with Gasteiger partial charge in [-0.25, -0.2) is 0 Å². The van der Waals surface area contributed by atoms with Gasteiger partial charge in [-0.1, -0.05) is 56.2 Å². The van der Waals surface area contributed by atoms with Crippen LogP contribution >= 0.6 is 0 Å². The number of likely N-dealkylation sites (tertiary alicyclic amines) is 1. The summed E-state index contributed by atoms with van der Waals surface area (Å²) >= 11 is 0. The summed E-state index contributed by atoms with van der Waals surface area (Å²) in [6.45, 7) is 12.2. The fraction of sp³-hybridized carbons (Fsp3) is 0.556. The van der Waals surface area contributed by atoms with E-state index < -0.39 is 0 Å². The number of rotatable bonds is 4. The molecular formula is C18H27N. The van der Waals surface area contributed by atoms with E-state index in [1.807, 2.05) is 0 Å². The van der Waals surface area contributed by atoms with E-state index in [0.29, 0.717) is 5.92 Å². The Bertz CT molecular complexity index is 396. The molecule has 1 nitrogen and oxygen atoms in total. The predicted molar refractivity (Wildman–Crippen MR) is 84.5 cm³/mol. The molecule has 1 heteroatoms. The lowest BCUT2D eigenvalue weighted by molar-refractivity contribution is 0.271. The second-order valence-corrected chi connectivity index (χ2v) is 6.02. The molecule has 0 spiro atoms. The van der Waals surface area contributed by atoms with Crippen molar-refractivity contribution in [2.24, 2.45) is 0 Å². The molecule has 1 saturated heterocycles. The van der Waals surface area contributed by atoms with Crippen LogP contribution in [-0.2, 0) is 0 Å². The van der Waals surface area contributed by atoms with Crippen LogP contribution in [0.15, 0.2) is 30.8 Å². The van der Waals surface area contributed by atoms with Gasteiger partial charge in [0, 0.05) is 6.54 Å². The van der Waals surface area contributed by atoms with Gasteiger partial charge in [0.1, 0.15) is 0 Å². The quantitative estimate of drug-likeness (QED) is 0.755. The van der Waals surface area contributed by atoms with Crippen molar-refractivity contribution in [3.63, 3.8) is 0 Å².